The minimum absolute atomic E-state index is 0.0506. The Kier molecular flexibility index (Phi) is 20.2. The summed E-state index contributed by atoms with van der Waals surface area (Å²) in [6.45, 7) is 9.23. The molecule has 4 aromatic rings. The third-order valence-corrected chi connectivity index (χ3v) is 17.5. The van der Waals surface area contributed by atoms with Gasteiger partial charge in [-0.2, -0.15) is 0 Å². The van der Waals surface area contributed by atoms with Crippen LogP contribution in [-0.4, -0.2) is 0 Å². The first-order valence-corrected chi connectivity index (χ1v) is 28.0. The molecule has 0 spiro atoms. The standard InChI is InChI=1S/C32H45F.C32H46/c1-3-5-6-8-25-11-15-28(16-12-25)30-21-22-31(32(33)23-30)29-19-17-27(18-20-29)26-13-9-24(7-4-2)10-14-26;1-3-5-6-8-26-11-15-28(16-12-26)30-19-23-32(24-20-30)31-21-17-29(18-22-31)27-13-9-25(7-4-2)10-14-27/h17-26,28H,3-16H2,1-2H3;17-28H,3-16H2,1-2H3. The zero-order valence-electron chi connectivity index (χ0n) is 42.0. The molecule has 65 heavy (non-hydrogen) atoms. The van der Waals surface area contributed by atoms with E-state index in [2.05, 4.69) is 107 Å². The summed E-state index contributed by atoms with van der Waals surface area (Å²) in [5.74, 6) is 6.59. The van der Waals surface area contributed by atoms with Crippen molar-refractivity contribution in [2.75, 3.05) is 0 Å². The first-order valence-electron chi connectivity index (χ1n) is 28.0. The maximum absolute atomic E-state index is 15.1. The van der Waals surface area contributed by atoms with Gasteiger partial charge in [0.2, 0.25) is 0 Å². The zero-order chi connectivity index (χ0) is 45.2. The van der Waals surface area contributed by atoms with Gasteiger partial charge in [-0.3, -0.25) is 0 Å². The summed E-state index contributed by atoms with van der Waals surface area (Å²) in [7, 11) is 0. The van der Waals surface area contributed by atoms with Gasteiger partial charge in [-0.15, -0.1) is 0 Å². The molecule has 0 aromatic heterocycles. The summed E-state index contributed by atoms with van der Waals surface area (Å²) < 4.78 is 15.1. The van der Waals surface area contributed by atoms with Crippen molar-refractivity contribution in [1.29, 1.82) is 0 Å². The van der Waals surface area contributed by atoms with E-state index < -0.39 is 0 Å². The van der Waals surface area contributed by atoms with Crippen molar-refractivity contribution in [3.05, 3.63) is 119 Å². The Hall–Kier alpha value is -3.19. The van der Waals surface area contributed by atoms with Crippen molar-refractivity contribution < 1.29 is 4.39 Å². The molecule has 0 N–H and O–H groups in total. The predicted octanol–water partition coefficient (Wildman–Crippen LogP) is 20.7. The summed E-state index contributed by atoms with van der Waals surface area (Å²) >= 11 is 0. The molecule has 4 saturated carbocycles. The summed E-state index contributed by atoms with van der Waals surface area (Å²) in [6, 6.07) is 34.0. The van der Waals surface area contributed by atoms with Crippen LogP contribution in [0.1, 0.15) is 253 Å². The van der Waals surface area contributed by atoms with E-state index in [0.29, 0.717) is 11.8 Å². The van der Waals surface area contributed by atoms with Crippen LogP contribution in [0.4, 0.5) is 4.39 Å². The number of benzene rings is 4. The van der Waals surface area contributed by atoms with Crippen LogP contribution in [0.25, 0.3) is 22.3 Å². The van der Waals surface area contributed by atoms with Gasteiger partial charge in [0.1, 0.15) is 5.82 Å². The van der Waals surface area contributed by atoms with Crippen molar-refractivity contribution in [1.82, 2.24) is 0 Å². The molecule has 1 heteroatoms. The van der Waals surface area contributed by atoms with Crippen LogP contribution in [0.5, 0.6) is 0 Å². The number of hydrogen-bond acceptors (Lipinski definition) is 0. The Balaban J connectivity index is 0.000000194. The lowest BCUT2D eigenvalue weighted by Crippen LogP contribution is -2.13. The molecule has 354 valence electrons. The Morgan fingerprint density at radius 2 is 0.631 bits per heavy atom. The van der Waals surface area contributed by atoms with Gasteiger partial charge in [-0.25, -0.2) is 4.39 Å². The molecule has 4 aliphatic carbocycles. The third kappa shape index (κ3) is 14.7. The molecular formula is C64H91F. The van der Waals surface area contributed by atoms with Crippen LogP contribution in [0, 0.1) is 29.5 Å². The van der Waals surface area contributed by atoms with Gasteiger partial charge in [0, 0.05) is 5.56 Å². The fourth-order valence-electron chi connectivity index (χ4n) is 13.2. The van der Waals surface area contributed by atoms with Crippen molar-refractivity contribution in [3.63, 3.8) is 0 Å². The highest BCUT2D eigenvalue weighted by atomic mass is 19.1. The van der Waals surface area contributed by atoms with E-state index in [9.17, 15) is 0 Å². The second-order valence-electron chi connectivity index (χ2n) is 22.0. The molecule has 0 atom stereocenters. The predicted molar refractivity (Wildman–Crippen MR) is 281 cm³/mol. The Labute approximate surface area is 398 Å². The van der Waals surface area contributed by atoms with Gasteiger partial charge in [-0.1, -0.05) is 190 Å². The minimum Gasteiger partial charge on any atom is -0.206 e. The van der Waals surface area contributed by atoms with Gasteiger partial charge in [0.05, 0.1) is 0 Å². The first kappa shape index (κ1) is 49.7. The van der Waals surface area contributed by atoms with E-state index in [1.165, 1.54) is 202 Å². The fourth-order valence-corrected chi connectivity index (χ4v) is 13.2. The topological polar surface area (TPSA) is 0 Å². The monoisotopic (exact) mass is 879 g/mol. The van der Waals surface area contributed by atoms with Crippen LogP contribution in [-0.2, 0) is 0 Å². The molecule has 4 aliphatic rings. The average Bonchev–Trinajstić information content (AvgIpc) is 3.36. The van der Waals surface area contributed by atoms with Gasteiger partial charge >= 0.3 is 0 Å². The maximum Gasteiger partial charge on any atom is 0.131 e. The molecule has 0 radical (unpaired) electrons. The SMILES string of the molecule is CCCCCC1CCC(c2ccc(-c3ccc(C4CCC(CCC)CC4)cc3)c(F)c2)CC1.CCCCCC1CCC(c2ccc(-c3ccc(C4CCC(CCC)CC4)cc3)cc2)CC1. The lowest BCUT2D eigenvalue weighted by molar-refractivity contribution is 0.302. The second kappa shape index (κ2) is 26.4. The van der Waals surface area contributed by atoms with Crippen LogP contribution < -0.4 is 0 Å². The molecule has 4 fully saturated rings. The first-order chi connectivity index (χ1) is 31.9. The van der Waals surface area contributed by atoms with Crippen molar-refractivity contribution in [2.45, 2.75) is 231 Å². The average molecular weight is 879 g/mol. The smallest absolute Gasteiger partial charge is 0.131 e. The maximum atomic E-state index is 15.1. The molecule has 0 unspecified atom stereocenters. The van der Waals surface area contributed by atoms with E-state index in [1.54, 1.807) is 11.1 Å². The van der Waals surface area contributed by atoms with Crippen molar-refractivity contribution in [2.24, 2.45) is 23.7 Å². The second-order valence-corrected chi connectivity index (χ2v) is 22.0. The molecule has 4 aromatic carbocycles. The number of halogens is 1. The molecule has 8 rings (SSSR count). The lowest BCUT2D eigenvalue weighted by Gasteiger charge is -2.29. The Morgan fingerprint density at radius 3 is 0.954 bits per heavy atom. The van der Waals surface area contributed by atoms with Gasteiger partial charge in [0.15, 0.2) is 0 Å². The highest BCUT2D eigenvalue weighted by molar-refractivity contribution is 5.65. The van der Waals surface area contributed by atoms with Crippen LogP contribution >= 0.6 is 0 Å². The highest BCUT2D eigenvalue weighted by Gasteiger charge is 2.26. The van der Waals surface area contributed by atoms with Crippen LogP contribution in [0.2, 0.25) is 0 Å². The molecule has 0 aliphatic heterocycles. The summed E-state index contributed by atoms with van der Waals surface area (Å²) in [6.07, 6.45) is 38.4. The highest BCUT2D eigenvalue weighted by Crippen LogP contribution is 2.42. The van der Waals surface area contributed by atoms with Crippen LogP contribution in [0.3, 0.4) is 0 Å². The van der Waals surface area contributed by atoms with Gasteiger partial charge in [-0.05, 0) is 195 Å². The van der Waals surface area contributed by atoms with Crippen molar-refractivity contribution in [3.8, 4) is 22.3 Å². The van der Waals surface area contributed by atoms with E-state index in [-0.39, 0.29) is 5.82 Å². The number of hydrogen-bond donors (Lipinski definition) is 0. The Morgan fingerprint density at radius 1 is 0.323 bits per heavy atom. The number of rotatable bonds is 18. The normalized spacial score (nSPS) is 26.0. The molecule has 0 bridgehead atoms. The minimum atomic E-state index is -0.0506. The van der Waals surface area contributed by atoms with Gasteiger partial charge < -0.3 is 0 Å². The van der Waals surface area contributed by atoms with E-state index in [4.69, 9.17) is 0 Å². The fraction of sp³-hybridized carbons (Fsp3) is 0.625. The van der Waals surface area contributed by atoms with E-state index >= 15 is 4.39 Å². The molecule has 0 nitrogen and oxygen atoms in total. The molecule has 0 amide bonds. The summed E-state index contributed by atoms with van der Waals surface area (Å²) in [5.41, 5.74) is 10.3. The molecule has 0 heterocycles. The van der Waals surface area contributed by atoms with E-state index in [1.807, 2.05) is 12.1 Å². The quantitative estimate of drug-likeness (QED) is 0.0874. The number of unbranched alkanes of at least 4 members (excludes halogenated alkanes) is 4. The Bertz CT molecular complexity index is 1890. The zero-order valence-corrected chi connectivity index (χ0v) is 42.0. The van der Waals surface area contributed by atoms with E-state index in [0.717, 1.165) is 46.6 Å². The lowest BCUT2D eigenvalue weighted by atomic mass is 9.76. The van der Waals surface area contributed by atoms with Crippen molar-refractivity contribution >= 4 is 0 Å². The molecule has 0 saturated heterocycles. The molecular weight excluding hydrogens is 788 g/mol. The third-order valence-electron chi connectivity index (χ3n) is 17.5. The summed E-state index contributed by atoms with van der Waals surface area (Å²) in [4.78, 5) is 0. The largest absolute Gasteiger partial charge is 0.206 e. The summed E-state index contributed by atoms with van der Waals surface area (Å²) in [5, 5.41) is 0. The van der Waals surface area contributed by atoms with Crippen LogP contribution in [0.15, 0.2) is 91.0 Å². The van der Waals surface area contributed by atoms with Gasteiger partial charge in [0.25, 0.3) is 0 Å².